The van der Waals surface area contributed by atoms with Crippen LogP contribution in [0.5, 0.6) is 5.75 Å². The number of amides is 3. The Balaban J connectivity index is 2.22. The zero-order valence-electron chi connectivity index (χ0n) is 24.9. The first-order valence-corrected chi connectivity index (χ1v) is 14.6. The Labute approximate surface area is 248 Å². The third-order valence-electron chi connectivity index (χ3n) is 6.31. The smallest absolute Gasteiger partial charge is 0.255 e. The van der Waals surface area contributed by atoms with Gasteiger partial charge in [0.2, 0.25) is 11.8 Å². The molecule has 9 heteroatoms. The highest BCUT2D eigenvalue weighted by atomic mass is 35.5. The molecule has 0 aliphatic heterocycles. The average Bonchev–Trinajstić information content (AvgIpc) is 2.90. The second-order valence-electron chi connectivity index (χ2n) is 11.6. The third-order valence-corrected chi connectivity index (χ3v) is 6.54. The minimum atomic E-state index is -0.913. The van der Waals surface area contributed by atoms with Crippen molar-refractivity contribution in [3.8, 4) is 5.75 Å². The first kappa shape index (κ1) is 33.8. The number of hydrogen-bond acceptors (Lipinski definition) is 5. The number of nitrogens with one attached hydrogen (secondary N) is 3. The fourth-order valence-corrected chi connectivity index (χ4v) is 4.57. The van der Waals surface area contributed by atoms with Crippen LogP contribution in [0.3, 0.4) is 0 Å². The van der Waals surface area contributed by atoms with Gasteiger partial charge >= 0.3 is 0 Å². The minimum Gasteiger partial charge on any atom is -0.488 e. The fourth-order valence-electron chi connectivity index (χ4n) is 4.39. The van der Waals surface area contributed by atoms with Gasteiger partial charge in [0.25, 0.3) is 5.91 Å². The van der Waals surface area contributed by atoms with E-state index < -0.39 is 35.8 Å². The Hall–Kier alpha value is -3.39. The van der Waals surface area contributed by atoms with Crippen LogP contribution in [0.15, 0.2) is 48.5 Å². The Kier molecular flexibility index (Phi) is 13.8. The van der Waals surface area contributed by atoms with E-state index in [0.717, 1.165) is 11.8 Å². The van der Waals surface area contributed by atoms with Gasteiger partial charge in [0, 0.05) is 5.02 Å². The van der Waals surface area contributed by atoms with E-state index in [4.69, 9.17) is 16.3 Å². The number of rotatable bonds is 16. The molecule has 0 saturated carbocycles. The molecule has 2 aromatic rings. The summed E-state index contributed by atoms with van der Waals surface area (Å²) in [6.45, 7) is 12.0. The molecule has 3 amide bonds. The Morgan fingerprint density at radius 1 is 0.780 bits per heavy atom. The molecule has 2 aromatic carbocycles. The van der Waals surface area contributed by atoms with Gasteiger partial charge in [-0.25, -0.2) is 0 Å². The van der Waals surface area contributed by atoms with E-state index in [1.165, 1.54) is 6.07 Å². The van der Waals surface area contributed by atoms with Gasteiger partial charge in [-0.3, -0.25) is 14.4 Å². The van der Waals surface area contributed by atoms with Crippen molar-refractivity contribution >= 4 is 35.6 Å². The van der Waals surface area contributed by atoms with Crippen molar-refractivity contribution in [2.75, 3.05) is 0 Å². The summed E-state index contributed by atoms with van der Waals surface area (Å²) in [6.07, 6.45) is 1.94. The average molecular weight is 586 g/mol. The molecular formula is C32H44ClN3O5. The molecule has 224 valence electrons. The molecule has 0 aliphatic carbocycles. The molecule has 3 atom stereocenters. The lowest BCUT2D eigenvalue weighted by Crippen LogP contribution is -2.55. The third kappa shape index (κ3) is 11.9. The van der Waals surface area contributed by atoms with Gasteiger partial charge < -0.3 is 25.5 Å². The molecule has 0 saturated heterocycles. The molecule has 3 N–H and O–H groups in total. The highest BCUT2D eigenvalue weighted by molar-refractivity contribution is 6.31. The summed E-state index contributed by atoms with van der Waals surface area (Å²) >= 11 is 6.21. The van der Waals surface area contributed by atoms with Crippen LogP contribution in [-0.4, -0.2) is 42.1 Å². The topological polar surface area (TPSA) is 114 Å². The monoisotopic (exact) mass is 585 g/mol. The molecule has 0 radical (unpaired) electrons. The summed E-state index contributed by atoms with van der Waals surface area (Å²) < 4.78 is 5.94. The highest BCUT2D eigenvalue weighted by Gasteiger charge is 2.30. The molecule has 41 heavy (non-hydrogen) atoms. The van der Waals surface area contributed by atoms with E-state index in [9.17, 15) is 19.2 Å². The van der Waals surface area contributed by atoms with Gasteiger partial charge in [-0.2, -0.15) is 0 Å². The fraction of sp³-hybridized carbons (Fsp3) is 0.500. The molecule has 0 bridgehead atoms. The molecular weight excluding hydrogens is 542 g/mol. The summed E-state index contributed by atoms with van der Waals surface area (Å²) in [7, 11) is 0. The van der Waals surface area contributed by atoms with Crippen molar-refractivity contribution < 1.29 is 23.9 Å². The van der Waals surface area contributed by atoms with Gasteiger partial charge in [0.1, 0.15) is 30.7 Å². The van der Waals surface area contributed by atoms with Gasteiger partial charge in [0.15, 0.2) is 0 Å². The number of carbonyl (C=O) groups is 4. The summed E-state index contributed by atoms with van der Waals surface area (Å²) in [4.78, 5) is 51.6. The summed E-state index contributed by atoms with van der Waals surface area (Å²) in [5.74, 6) is -0.705. The standard InChI is InChI=1S/C32H44ClN3O5/c1-20(2)14-25(18-37)34-31(39)27(15-21(3)4)36-32(40)28(16-22(5)6)35-30(38)26-17-24(33)12-13-29(26)41-19-23-10-8-7-9-11-23/h7-13,17-18,20-22,25,27-28H,14-16,19H2,1-6H3,(H,34,39)(H,35,38)(H,36,40)/t25-,27+,28+/m1/s1. The second kappa shape index (κ2) is 16.8. The van der Waals surface area contributed by atoms with E-state index in [1.807, 2.05) is 71.9 Å². The predicted octanol–water partition coefficient (Wildman–Crippen LogP) is 5.32. The van der Waals surface area contributed by atoms with Gasteiger partial charge in [-0.05, 0) is 60.8 Å². The molecule has 0 unspecified atom stereocenters. The van der Waals surface area contributed by atoms with Crippen LogP contribution < -0.4 is 20.7 Å². The normalized spacial score (nSPS) is 13.4. The number of hydrogen-bond donors (Lipinski definition) is 3. The molecule has 0 spiro atoms. The quantitative estimate of drug-likeness (QED) is 0.231. The number of halogens is 1. The van der Waals surface area contributed by atoms with E-state index in [0.29, 0.717) is 30.0 Å². The van der Waals surface area contributed by atoms with E-state index in [2.05, 4.69) is 16.0 Å². The zero-order valence-corrected chi connectivity index (χ0v) is 25.7. The van der Waals surface area contributed by atoms with Gasteiger partial charge in [-0.1, -0.05) is 83.5 Å². The van der Waals surface area contributed by atoms with Crippen LogP contribution >= 0.6 is 11.6 Å². The van der Waals surface area contributed by atoms with E-state index in [-0.39, 0.29) is 29.9 Å². The van der Waals surface area contributed by atoms with Crippen LogP contribution in [0.2, 0.25) is 5.02 Å². The molecule has 0 fully saturated rings. The Morgan fingerprint density at radius 3 is 1.90 bits per heavy atom. The highest BCUT2D eigenvalue weighted by Crippen LogP contribution is 2.24. The number of ether oxygens (including phenoxy) is 1. The number of aldehydes is 1. The number of benzene rings is 2. The Bertz CT molecular complexity index is 1150. The first-order valence-electron chi connectivity index (χ1n) is 14.2. The largest absolute Gasteiger partial charge is 0.488 e. The van der Waals surface area contributed by atoms with Crippen molar-refractivity contribution in [2.45, 2.75) is 85.5 Å². The first-order chi connectivity index (χ1) is 19.4. The summed E-state index contributed by atoms with van der Waals surface area (Å²) in [5.41, 5.74) is 1.14. The molecule has 0 aromatic heterocycles. The van der Waals surface area contributed by atoms with Crippen LogP contribution in [0.4, 0.5) is 0 Å². The minimum absolute atomic E-state index is 0.0714. The SMILES string of the molecule is CC(C)C[C@H](NC(=O)c1cc(Cl)ccc1OCc1ccccc1)C(=O)N[C@@H](CC(C)C)C(=O)N[C@@H](C=O)CC(C)C. The molecule has 8 nitrogen and oxygen atoms in total. The zero-order chi connectivity index (χ0) is 30.5. The maximum Gasteiger partial charge on any atom is 0.255 e. The van der Waals surface area contributed by atoms with Crippen molar-refractivity contribution in [1.29, 1.82) is 0 Å². The van der Waals surface area contributed by atoms with Crippen molar-refractivity contribution in [2.24, 2.45) is 17.8 Å². The van der Waals surface area contributed by atoms with E-state index in [1.54, 1.807) is 12.1 Å². The maximum absolute atomic E-state index is 13.5. The second-order valence-corrected chi connectivity index (χ2v) is 12.1. The van der Waals surface area contributed by atoms with E-state index >= 15 is 0 Å². The molecule has 0 aliphatic rings. The van der Waals surface area contributed by atoms with Crippen LogP contribution in [-0.2, 0) is 21.0 Å². The van der Waals surface area contributed by atoms with Gasteiger partial charge in [-0.15, -0.1) is 0 Å². The van der Waals surface area contributed by atoms with Crippen molar-refractivity contribution in [1.82, 2.24) is 16.0 Å². The van der Waals surface area contributed by atoms with Gasteiger partial charge in [0.05, 0.1) is 11.6 Å². The lowest BCUT2D eigenvalue weighted by Gasteiger charge is -2.26. The summed E-state index contributed by atoms with van der Waals surface area (Å²) in [5, 5.41) is 8.77. The van der Waals surface area contributed by atoms with Crippen molar-refractivity contribution in [3.63, 3.8) is 0 Å². The maximum atomic E-state index is 13.5. The predicted molar refractivity (Wildman–Crippen MR) is 162 cm³/mol. The van der Waals surface area contributed by atoms with Crippen LogP contribution in [0.25, 0.3) is 0 Å². The van der Waals surface area contributed by atoms with Crippen molar-refractivity contribution in [3.05, 3.63) is 64.7 Å². The lowest BCUT2D eigenvalue weighted by atomic mass is 9.99. The summed E-state index contributed by atoms with van der Waals surface area (Å²) in [6, 6.07) is 11.9. The van der Waals surface area contributed by atoms with Crippen LogP contribution in [0, 0.1) is 17.8 Å². The molecule has 2 rings (SSSR count). The van der Waals surface area contributed by atoms with Crippen LogP contribution in [0.1, 0.15) is 76.7 Å². The number of carbonyl (C=O) groups excluding carboxylic acids is 4. The Morgan fingerprint density at radius 2 is 1.34 bits per heavy atom. The molecule has 0 heterocycles. The lowest BCUT2D eigenvalue weighted by molar-refractivity contribution is -0.131.